The molecule has 5 aliphatic rings. The smallest absolute Gasteiger partial charge is 0.358 e. The van der Waals surface area contributed by atoms with Gasteiger partial charge in [0.05, 0.1) is 13.3 Å². The molecule has 4 fully saturated rings. The number of ether oxygens (including phenoxy) is 2. The van der Waals surface area contributed by atoms with Gasteiger partial charge in [-0.2, -0.15) is 5.10 Å². The van der Waals surface area contributed by atoms with Gasteiger partial charge in [0.2, 0.25) is 0 Å². The number of anilines is 2. The van der Waals surface area contributed by atoms with Crippen molar-refractivity contribution in [2.24, 2.45) is 21.7 Å². The Kier molecular flexibility index (Phi) is 12.7. The van der Waals surface area contributed by atoms with Crippen LogP contribution in [0.5, 0.6) is 5.75 Å². The predicted octanol–water partition coefficient (Wildman–Crippen LogP) is 12.2. The van der Waals surface area contributed by atoms with Crippen LogP contribution in [0, 0.1) is 35.5 Å². The van der Waals surface area contributed by atoms with Crippen molar-refractivity contribution in [2.75, 3.05) is 25.2 Å². The van der Waals surface area contributed by atoms with Crippen LogP contribution < -0.4 is 20.0 Å². The molecule has 3 aromatic heterocycles. The standard InChI is InChI=1S/C58H69ClN6O4Si/c1-40-46-21-15-29-64(52(46)63-62-51(40)59)49-27-26-47(50(61-49)53(66)68-32-42-22-24-43(67-8)25-23-42)48-31-60-65(41(48)2)39-58-36-55(6)33-56(7,37-58)35-57(34-55,38-58)28-16-30-69-70(54(3,4)5,44-17-11-9-12-18-44)45-19-13-10-14-20-45/h9-14,17-20,22-27,31H,15-16,21,28-30,32-39H2,1-8H3. The number of benzene rings is 3. The lowest BCUT2D eigenvalue weighted by molar-refractivity contribution is -0.198. The van der Waals surface area contributed by atoms with E-state index in [9.17, 15) is 4.79 Å². The van der Waals surface area contributed by atoms with Crippen LogP contribution >= 0.6 is 11.6 Å². The summed E-state index contributed by atoms with van der Waals surface area (Å²) in [5, 5.41) is 17.0. The van der Waals surface area contributed by atoms with Crippen LogP contribution in [0.2, 0.25) is 10.2 Å². The molecule has 2 atom stereocenters. The van der Waals surface area contributed by atoms with E-state index in [4.69, 9.17) is 35.6 Å². The number of carbonyl (C=O) groups excluding carboxylic acids is 1. The molecule has 11 rings (SSSR count). The van der Waals surface area contributed by atoms with Crippen molar-refractivity contribution in [3.8, 4) is 16.9 Å². The van der Waals surface area contributed by atoms with Gasteiger partial charge in [-0.15, -0.1) is 10.2 Å². The number of nitrogens with zero attached hydrogens (tertiary/aromatic N) is 6. The first-order valence-corrected chi connectivity index (χ1v) is 27.6. The molecule has 70 heavy (non-hydrogen) atoms. The maximum atomic E-state index is 14.4. The summed E-state index contributed by atoms with van der Waals surface area (Å²) < 4.78 is 21.1. The summed E-state index contributed by atoms with van der Waals surface area (Å²) in [6.45, 7) is 18.8. The summed E-state index contributed by atoms with van der Waals surface area (Å²) in [6, 6.07) is 33.6. The fourth-order valence-electron chi connectivity index (χ4n) is 14.9. The Morgan fingerprint density at radius 2 is 1.46 bits per heavy atom. The van der Waals surface area contributed by atoms with Crippen molar-refractivity contribution in [3.63, 3.8) is 0 Å². The van der Waals surface area contributed by atoms with Crippen LogP contribution in [0.15, 0.2) is 103 Å². The summed E-state index contributed by atoms with van der Waals surface area (Å²) in [5.41, 5.74) is 6.58. The minimum atomic E-state index is -2.63. The zero-order valence-electron chi connectivity index (χ0n) is 42.4. The second kappa shape index (κ2) is 18.4. The SMILES string of the molecule is COc1ccc(COC(=O)c2nc(N3CCCc4c3nnc(Cl)c4C)ccc2-c2cnn(CC34CC5(C)CC(C)(CC(CCCO[Si](c6ccccc6)(c6ccccc6)C(C)(C)C)(C5)C3)C4)c2C)cc1. The minimum Gasteiger partial charge on any atom is -0.497 e. The lowest BCUT2D eigenvalue weighted by Crippen LogP contribution is -2.66. The first-order chi connectivity index (χ1) is 33.5. The van der Waals surface area contributed by atoms with Gasteiger partial charge in [-0.1, -0.05) is 119 Å². The molecule has 1 aliphatic heterocycles. The topological polar surface area (TPSA) is 104 Å². The molecule has 0 spiro atoms. The number of halogens is 1. The summed E-state index contributed by atoms with van der Waals surface area (Å²) in [5.74, 6) is 1.57. The highest BCUT2D eigenvalue weighted by Gasteiger charge is 2.65. The zero-order valence-corrected chi connectivity index (χ0v) is 44.2. The van der Waals surface area contributed by atoms with Gasteiger partial charge >= 0.3 is 5.97 Å². The Morgan fingerprint density at radius 3 is 2.10 bits per heavy atom. The third-order valence-corrected chi connectivity index (χ3v) is 21.9. The molecule has 0 radical (unpaired) electrons. The molecule has 4 heterocycles. The van der Waals surface area contributed by atoms with E-state index in [1.165, 1.54) is 55.3 Å². The summed E-state index contributed by atoms with van der Waals surface area (Å²) in [7, 11) is -0.993. The Hall–Kier alpha value is -5.36. The quantitative estimate of drug-likeness (QED) is 0.0565. The third kappa shape index (κ3) is 8.89. The molecule has 4 bridgehead atoms. The molecule has 0 N–H and O–H groups in total. The Morgan fingerprint density at radius 1 is 0.800 bits per heavy atom. The molecule has 4 aliphatic carbocycles. The van der Waals surface area contributed by atoms with E-state index in [1.807, 2.05) is 54.4 Å². The van der Waals surface area contributed by atoms with Gasteiger partial charge in [-0.05, 0) is 151 Å². The lowest BCUT2D eigenvalue weighted by Gasteiger charge is -2.70. The number of pyridine rings is 1. The van der Waals surface area contributed by atoms with Gasteiger partial charge in [-0.3, -0.25) is 4.68 Å². The van der Waals surface area contributed by atoms with Crippen molar-refractivity contribution >= 4 is 47.9 Å². The second-order valence-electron chi connectivity index (χ2n) is 23.3. The van der Waals surface area contributed by atoms with Gasteiger partial charge in [-0.25, -0.2) is 9.78 Å². The van der Waals surface area contributed by atoms with Gasteiger partial charge in [0, 0.05) is 42.1 Å². The Bertz CT molecular complexity index is 2830. The molecule has 12 heteroatoms. The van der Waals surface area contributed by atoms with Crippen molar-refractivity contribution in [1.29, 1.82) is 0 Å². The van der Waals surface area contributed by atoms with Crippen molar-refractivity contribution in [1.82, 2.24) is 25.0 Å². The van der Waals surface area contributed by atoms with Crippen molar-refractivity contribution < 1.29 is 18.7 Å². The number of esters is 1. The van der Waals surface area contributed by atoms with Gasteiger partial charge < -0.3 is 18.8 Å². The molecule has 0 saturated heterocycles. The van der Waals surface area contributed by atoms with E-state index in [0.717, 1.165) is 71.9 Å². The predicted molar refractivity (Wildman–Crippen MR) is 281 cm³/mol. The number of aromatic nitrogens is 5. The maximum absolute atomic E-state index is 14.4. The number of carbonyl (C=O) groups is 1. The van der Waals surface area contributed by atoms with Crippen LogP contribution in [0.3, 0.4) is 0 Å². The second-order valence-corrected chi connectivity index (χ2v) is 27.9. The van der Waals surface area contributed by atoms with E-state index in [0.29, 0.717) is 23.1 Å². The lowest BCUT2D eigenvalue weighted by atomic mass is 9.35. The fraction of sp³-hybridized carbons (Fsp3) is 0.466. The highest BCUT2D eigenvalue weighted by molar-refractivity contribution is 6.99. The van der Waals surface area contributed by atoms with E-state index >= 15 is 0 Å². The normalized spacial score (nSPS) is 23.9. The van der Waals surface area contributed by atoms with Crippen LogP contribution in [0.4, 0.5) is 11.6 Å². The van der Waals surface area contributed by atoms with E-state index in [-0.39, 0.29) is 39.0 Å². The molecule has 10 nitrogen and oxygen atoms in total. The van der Waals surface area contributed by atoms with E-state index in [1.54, 1.807) is 7.11 Å². The zero-order chi connectivity index (χ0) is 49.1. The van der Waals surface area contributed by atoms with Gasteiger partial charge in [0.25, 0.3) is 8.32 Å². The maximum Gasteiger partial charge on any atom is 0.358 e. The molecule has 3 aromatic carbocycles. The average molecular weight is 978 g/mol. The molecule has 6 aromatic rings. The molecule has 0 amide bonds. The fourth-order valence-corrected chi connectivity index (χ4v) is 19.7. The van der Waals surface area contributed by atoms with Gasteiger partial charge in [0.1, 0.15) is 18.2 Å². The van der Waals surface area contributed by atoms with Crippen molar-refractivity contribution in [3.05, 3.63) is 136 Å². The molecular formula is C58H69ClN6O4Si. The number of rotatable bonds is 15. The minimum absolute atomic E-state index is 0.0541. The summed E-state index contributed by atoms with van der Waals surface area (Å²) >= 11 is 6.43. The highest BCUT2D eigenvalue weighted by Crippen LogP contribution is 2.75. The number of fused-ring (bicyclic) bond motifs is 1. The Balaban J connectivity index is 0.927. The monoisotopic (exact) mass is 976 g/mol. The highest BCUT2D eigenvalue weighted by atomic mass is 35.5. The first-order valence-electron chi connectivity index (χ1n) is 25.3. The van der Waals surface area contributed by atoms with Gasteiger partial charge in [0.15, 0.2) is 16.7 Å². The Labute approximate surface area is 420 Å². The van der Waals surface area contributed by atoms with Crippen molar-refractivity contribution in [2.45, 2.75) is 131 Å². The summed E-state index contributed by atoms with van der Waals surface area (Å²) in [6.07, 6.45) is 13.3. The third-order valence-electron chi connectivity index (χ3n) is 16.5. The largest absolute Gasteiger partial charge is 0.497 e. The van der Waals surface area contributed by atoms with Crippen LogP contribution in [-0.4, -0.2) is 59.5 Å². The first kappa shape index (κ1) is 48.3. The summed E-state index contributed by atoms with van der Waals surface area (Å²) in [4.78, 5) is 21.5. The molecule has 366 valence electrons. The molecule has 4 saturated carbocycles. The average Bonchev–Trinajstić information content (AvgIpc) is 3.68. The van der Waals surface area contributed by atoms with Crippen LogP contribution in [-0.2, 0) is 28.7 Å². The van der Waals surface area contributed by atoms with E-state index < -0.39 is 14.3 Å². The molecular weight excluding hydrogens is 908 g/mol. The van der Waals surface area contributed by atoms with Crippen LogP contribution in [0.25, 0.3) is 11.1 Å². The number of hydrogen-bond acceptors (Lipinski definition) is 9. The van der Waals surface area contributed by atoms with E-state index in [2.05, 4.69) is 117 Å². The van der Waals surface area contributed by atoms with Crippen LogP contribution in [0.1, 0.15) is 125 Å². The molecule has 2 unspecified atom stereocenters. The number of hydrogen-bond donors (Lipinski definition) is 0. The number of methoxy groups -OCH3 is 1.